The van der Waals surface area contributed by atoms with Crippen LogP contribution >= 0.6 is 11.6 Å². The van der Waals surface area contributed by atoms with Crippen molar-refractivity contribution in [3.05, 3.63) is 46.7 Å². The van der Waals surface area contributed by atoms with E-state index in [1.54, 1.807) is 23.0 Å². The van der Waals surface area contributed by atoms with Crippen molar-refractivity contribution in [2.24, 2.45) is 0 Å². The molecular formula is C13H13ClN2O2. The first-order chi connectivity index (χ1) is 8.49. The maximum atomic E-state index is 11.2. The zero-order valence-corrected chi connectivity index (χ0v) is 10.8. The number of aromatic nitrogens is 2. The molecule has 5 heteroatoms. The maximum Gasteiger partial charge on any atom is 0.337 e. The fourth-order valence-electron chi connectivity index (χ4n) is 1.66. The van der Waals surface area contributed by atoms with E-state index in [0.717, 1.165) is 5.69 Å². The van der Waals surface area contributed by atoms with Crippen LogP contribution in [0.1, 0.15) is 35.8 Å². The Kier molecular flexibility index (Phi) is 3.39. The molecule has 2 aromatic rings. The van der Waals surface area contributed by atoms with Crippen molar-refractivity contribution in [2.45, 2.75) is 19.8 Å². The minimum absolute atomic E-state index is 0.179. The Bertz CT molecular complexity index is 590. The molecule has 0 bridgehead atoms. The molecule has 2 rings (SSSR count). The topological polar surface area (TPSA) is 55.1 Å². The van der Waals surface area contributed by atoms with Gasteiger partial charge in [-0.1, -0.05) is 25.4 Å². The van der Waals surface area contributed by atoms with Gasteiger partial charge in [0.1, 0.15) is 0 Å². The number of aromatic carboxylic acids is 1. The molecule has 0 aliphatic rings. The Balaban J connectivity index is 2.54. The first-order valence-corrected chi connectivity index (χ1v) is 5.95. The van der Waals surface area contributed by atoms with Crippen LogP contribution in [0.4, 0.5) is 0 Å². The zero-order valence-electron chi connectivity index (χ0n) is 10.1. The van der Waals surface area contributed by atoms with E-state index >= 15 is 0 Å². The Morgan fingerprint density at radius 3 is 2.67 bits per heavy atom. The number of hydrogen-bond donors (Lipinski definition) is 1. The Hall–Kier alpha value is -1.81. The standard InChI is InChI=1S/C13H13ClN2O2/c1-8(2)11-5-6-16(15-11)12-7-9(14)3-4-10(12)13(17)18/h3-8H,1-2H3,(H,17,18). The predicted octanol–water partition coefficient (Wildman–Crippen LogP) is 3.35. The fourth-order valence-corrected chi connectivity index (χ4v) is 1.82. The van der Waals surface area contributed by atoms with Crippen molar-refractivity contribution in [2.75, 3.05) is 0 Å². The highest BCUT2D eigenvalue weighted by Crippen LogP contribution is 2.21. The average molecular weight is 265 g/mol. The number of carbonyl (C=O) groups is 1. The van der Waals surface area contributed by atoms with Crippen LogP contribution in [0.5, 0.6) is 0 Å². The minimum Gasteiger partial charge on any atom is -0.478 e. The van der Waals surface area contributed by atoms with Gasteiger partial charge in [-0.3, -0.25) is 0 Å². The third kappa shape index (κ3) is 2.38. The van der Waals surface area contributed by atoms with E-state index in [1.165, 1.54) is 6.07 Å². The number of benzene rings is 1. The molecular weight excluding hydrogens is 252 g/mol. The van der Waals surface area contributed by atoms with Gasteiger partial charge < -0.3 is 5.11 Å². The highest BCUT2D eigenvalue weighted by molar-refractivity contribution is 6.30. The smallest absolute Gasteiger partial charge is 0.337 e. The number of rotatable bonds is 3. The molecule has 0 radical (unpaired) electrons. The Morgan fingerprint density at radius 2 is 2.11 bits per heavy atom. The predicted molar refractivity (Wildman–Crippen MR) is 69.6 cm³/mol. The molecule has 1 aromatic carbocycles. The summed E-state index contributed by atoms with van der Waals surface area (Å²) in [5.41, 5.74) is 1.56. The van der Waals surface area contributed by atoms with Gasteiger partial charge in [0.2, 0.25) is 0 Å². The summed E-state index contributed by atoms with van der Waals surface area (Å²) in [5.74, 6) is -0.707. The van der Waals surface area contributed by atoms with Crippen LogP contribution in [0.25, 0.3) is 5.69 Å². The second-order valence-electron chi connectivity index (χ2n) is 4.31. The lowest BCUT2D eigenvalue weighted by Crippen LogP contribution is -2.06. The molecule has 1 heterocycles. The number of nitrogens with zero attached hydrogens (tertiary/aromatic N) is 2. The van der Waals surface area contributed by atoms with Gasteiger partial charge in [0.15, 0.2) is 0 Å². The molecule has 0 atom stereocenters. The number of halogens is 1. The van der Waals surface area contributed by atoms with Gasteiger partial charge in [-0.15, -0.1) is 0 Å². The van der Waals surface area contributed by atoms with Gasteiger partial charge in [-0.25, -0.2) is 9.48 Å². The van der Waals surface area contributed by atoms with Crippen molar-refractivity contribution in [3.63, 3.8) is 0 Å². The zero-order chi connectivity index (χ0) is 13.3. The van der Waals surface area contributed by atoms with E-state index in [9.17, 15) is 4.79 Å². The first kappa shape index (κ1) is 12.6. The van der Waals surface area contributed by atoms with E-state index in [4.69, 9.17) is 16.7 Å². The lowest BCUT2D eigenvalue weighted by molar-refractivity contribution is 0.0696. The van der Waals surface area contributed by atoms with Crippen LogP contribution in [-0.4, -0.2) is 20.9 Å². The van der Waals surface area contributed by atoms with Gasteiger partial charge in [0, 0.05) is 11.2 Å². The third-order valence-electron chi connectivity index (χ3n) is 2.64. The van der Waals surface area contributed by atoms with Gasteiger partial charge in [0.05, 0.1) is 16.9 Å². The number of hydrogen-bond acceptors (Lipinski definition) is 2. The minimum atomic E-state index is -0.997. The molecule has 1 aromatic heterocycles. The van der Waals surface area contributed by atoms with Crippen LogP contribution in [0.3, 0.4) is 0 Å². The van der Waals surface area contributed by atoms with E-state index in [-0.39, 0.29) is 5.56 Å². The molecule has 94 valence electrons. The number of carboxylic acids is 1. The van der Waals surface area contributed by atoms with Crippen molar-refractivity contribution in [3.8, 4) is 5.69 Å². The SMILES string of the molecule is CC(C)c1ccn(-c2cc(Cl)ccc2C(=O)O)n1. The summed E-state index contributed by atoms with van der Waals surface area (Å²) in [6.45, 7) is 4.06. The third-order valence-corrected chi connectivity index (χ3v) is 2.87. The maximum absolute atomic E-state index is 11.2. The Morgan fingerprint density at radius 1 is 1.39 bits per heavy atom. The van der Waals surface area contributed by atoms with Gasteiger partial charge >= 0.3 is 5.97 Å². The molecule has 18 heavy (non-hydrogen) atoms. The van der Waals surface area contributed by atoms with Gasteiger partial charge in [0.25, 0.3) is 0 Å². The second kappa shape index (κ2) is 4.82. The average Bonchev–Trinajstić information content (AvgIpc) is 2.77. The molecule has 0 spiro atoms. The van der Waals surface area contributed by atoms with Crippen molar-refractivity contribution < 1.29 is 9.90 Å². The molecule has 0 aliphatic carbocycles. The van der Waals surface area contributed by atoms with Crippen LogP contribution < -0.4 is 0 Å². The molecule has 0 aliphatic heterocycles. The van der Waals surface area contributed by atoms with Crippen molar-refractivity contribution in [1.29, 1.82) is 0 Å². The van der Waals surface area contributed by atoms with E-state index in [1.807, 2.05) is 19.9 Å². The molecule has 0 unspecified atom stereocenters. The lowest BCUT2D eigenvalue weighted by Gasteiger charge is -2.07. The van der Waals surface area contributed by atoms with Crippen molar-refractivity contribution in [1.82, 2.24) is 9.78 Å². The van der Waals surface area contributed by atoms with E-state index in [2.05, 4.69) is 5.10 Å². The number of carboxylic acid groups (broad SMARTS) is 1. The summed E-state index contributed by atoms with van der Waals surface area (Å²) in [5, 5.41) is 14.0. The van der Waals surface area contributed by atoms with Crippen LogP contribution in [0.2, 0.25) is 5.02 Å². The molecule has 0 saturated heterocycles. The van der Waals surface area contributed by atoms with Gasteiger partial charge in [-0.05, 0) is 30.2 Å². The summed E-state index contributed by atoms with van der Waals surface area (Å²) >= 11 is 5.91. The van der Waals surface area contributed by atoms with Crippen LogP contribution in [0.15, 0.2) is 30.5 Å². The molecule has 1 N–H and O–H groups in total. The summed E-state index contributed by atoms with van der Waals surface area (Å²) in [7, 11) is 0. The van der Waals surface area contributed by atoms with E-state index < -0.39 is 5.97 Å². The molecule has 0 saturated carbocycles. The van der Waals surface area contributed by atoms with Gasteiger partial charge in [-0.2, -0.15) is 5.10 Å². The second-order valence-corrected chi connectivity index (χ2v) is 4.74. The van der Waals surface area contributed by atoms with Crippen LogP contribution in [0, 0.1) is 0 Å². The van der Waals surface area contributed by atoms with Crippen molar-refractivity contribution >= 4 is 17.6 Å². The normalized spacial score (nSPS) is 10.9. The molecule has 0 amide bonds. The first-order valence-electron chi connectivity index (χ1n) is 5.58. The summed E-state index contributed by atoms with van der Waals surface area (Å²) in [6.07, 6.45) is 1.74. The Labute approximate surface area is 110 Å². The monoisotopic (exact) mass is 264 g/mol. The lowest BCUT2D eigenvalue weighted by atomic mass is 10.1. The van der Waals surface area contributed by atoms with E-state index in [0.29, 0.717) is 16.6 Å². The summed E-state index contributed by atoms with van der Waals surface area (Å²) in [4.78, 5) is 11.2. The molecule has 4 nitrogen and oxygen atoms in total. The van der Waals surface area contributed by atoms with Crippen LogP contribution in [-0.2, 0) is 0 Å². The fraction of sp³-hybridized carbons (Fsp3) is 0.231. The largest absolute Gasteiger partial charge is 0.478 e. The summed E-state index contributed by atoms with van der Waals surface area (Å²) in [6, 6.07) is 6.51. The highest BCUT2D eigenvalue weighted by atomic mass is 35.5. The quantitative estimate of drug-likeness (QED) is 0.925. The molecule has 0 fully saturated rings. The summed E-state index contributed by atoms with van der Waals surface area (Å²) < 4.78 is 1.55. The highest BCUT2D eigenvalue weighted by Gasteiger charge is 2.13.